The molecule has 2 aromatic heterocycles. The fraction of sp³-hybridized carbons (Fsp3) is 0.692. The van der Waals surface area contributed by atoms with Gasteiger partial charge in [-0.05, 0) is 28.5 Å². The maximum Gasteiger partial charge on any atom is 0.200 e. The summed E-state index contributed by atoms with van der Waals surface area (Å²) in [6.45, 7) is 8.96. The lowest BCUT2D eigenvalue weighted by molar-refractivity contribution is 0.00953. The van der Waals surface area contributed by atoms with Gasteiger partial charge < -0.3 is 10.1 Å². The predicted octanol–water partition coefficient (Wildman–Crippen LogP) is 0.288. The molecule has 2 aromatic rings. The van der Waals surface area contributed by atoms with Crippen LogP contribution in [0.1, 0.15) is 13.8 Å². The third kappa shape index (κ3) is 3.27. The van der Waals surface area contributed by atoms with Crippen LogP contribution >= 0.6 is 0 Å². The standard InChI is InChI=1S/C13H21N7O/c1-10(2)11(19-5-7-21-8-6-19)9-14-12-3-4-13-15-17-18-20(13)16-12/h3-4,10-11H,5-9H2,1-2H3,(H,14,16)/t11-/m1/s1. The first-order valence-corrected chi connectivity index (χ1v) is 7.35. The minimum Gasteiger partial charge on any atom is -0.379 e. The molecule has 1 aliphatic heterocycles. The van der Waals surface area contributed by atoms with Crippen LogP contribution in [0.5, 0.6) is 0 Å². The van der Waals surface area contributed by atoms with Crippen LogP contribution in [0.25, 0.3) is 5.65 Å². The molecule has 1 atom stereocenters. The summed E-state index contributed by atoms with van der Waals surface area (Å²) in [7, 11) is 0. The van der Waals surface area contributed by atoms with Crippen LogP contribution in [0.15, 0.2) is 12.1 Å². The molecular weight excluding hydrogens is 270 g/mol. The lowest BCUT2D eigenvalue weighted by atomic mass is 10.0. The molecule has 0 radical (unpaired) electrons. The first-order valence-electron chi connectivity index (χ1n) is 7.35. The van der Waals surface area contributed by atoms with Crippen LogP contribution in [-0.4, -0.2) is 69.0 Å². The van der Waals surface area contributed by atoms with Crippen molar-refractivity contribution in [2.75, 3.05) is 38.2 Å². The normalized spacial score (nSPS) is 18.2. The van der Waals surface area contributed by atoms with Gasteiger partial charge in [0.2, 0.25) is 0 Å². The summed E-state index contributed by atoms with van der Waals surface area (Å²) in [4.78, 5) is 2.48. The summed E-state index contributed by atoms with van der Waals surface area (Å²) >= 11 is 0. The van der Waals surface area contributed by atoms with Crippen molar-refractivity contribution < 1.29 is 4.74 Å². The van der Waals surface area contributed by atoms with Gasteiger partial charge in [-0.1, -0.05) is 13.8 Å². The van der Waals surface area contributed by atoms with Gasteiger partial charge >= 0.3 is 0 Å². The molecule has 21 heavy (non-hydrogen) atoms. The van der Waals surface area contributed by atoms with Gasteiger partial charge in [0.15, 0.2) is 5.65 Å². The molecule has 0 aliphatic carbocycles. The number of aromatic nitrogens is 5. The Kier molecular flexibility index (Phi) is 4.26. The number of fused-ring (bicyclic) bond motifs is 1. The molecule has 8 heteroatoms. The van der Waals surface area contributed by atoms with Crippen LogP contribution in [0.3, 0.4) is 0 Å². The second-order valence-electron chi connectivity index (χ2n) is 5.59. The number of nitrogens with one attached hydrogen (secondary N) is 1. The van der Waals surface area contributed by atoms with Gasteiger partial charge in [0.25, 0.3) is 0 Å². The molecule has 1 saturated heterocycles. The van der Waals surface area contributed by atoms with Crippen molar-refractivity contribution in [3.05, 3.63) is 12.1 Å². The minimum absolute atomic E-state index is 0.459. The SMILES string of the molecule is CC(C)[C@@H](CNc1ccc2nnnn2n1)N1CCOCC1. The summed E-state index contributed by atoms with van der Waals surface area (Å²) in [6.07, 6.45) is 0. The van der Waals surface area contributed by atoms with E-state index < -0.39 is 0 Å². The predicted molar refractivity (Wildman–Crippen MR) is 78.1 cm³/mol. The van der Waals surface area contributed by atoms with E-state index in [4.69, 9.17) is 4.74 Å². The third-order valence-corrected chi connectivity index (χ3v) is 3.85. The molecular formula is C13H21N7O. The molecule has 0 spiro atoms. The zero-order chi connectivity index (χ0) is 14.7. The zero-order valence-corrected chi connectivity index (χ0v) is 12.4. The van der Waals surface area contributed by atoms with Crippen molar-refractivity contribution >= 4 is 11.5 Å². The van der Waals surface area contributed by atoms with E-state index in [1.807, 2.05) is 12.1 Å². The Labute approximate surface area is 123 Å². The molecule has 1 fully saturated rings. The fourth-order valence-corrected chi connectivity index (χ4v) is 2.65. The number of nitrogens with zero attached hydrogens (tertiary/aromatic N) is 6. The topological polar surface area (TPSA) is 80.5 Å². The number of tetrazole rings is 1. The highest BCUT2D eigenvalue weighted by Crippen LogP contribution is 2.14. The van der Waals surface area contributed by atoms with Gasteiger partial charge in [-0.2, -0.15) is 0 Å². The Balaban J connectivity index is 1.65. The summed E-state index contributed by atoms with van der Waals surface area (Å²) in [5.74, 6) is 1.35. The number of anilines is 1. The molecule has 1 N–H and O–H groups in total. The van der Waals surface area contributed by atoms with Gasteiger partial charge in [0.1, 0.15) is 5.82 Å². The van der Waals surface area contributed by atoms with Crippen molar-refractivity contribution in [1.29, 1.82) is 0 Å². The monoisotopic (exact) mass is 291 g/mol. The molecule has 3 heterocycles. The number of rotatable bonds is 5. The van der Waals surface area contributed by atoms with Gasteiger partial charge in [0, 0.05) is 25.7 Å². The van der Waals surface area contributed by atoms with Crippen LogP contribution < -0.4 is 5.32 Å². The molecule has 0 unspecified atom stereocenters. The molecule has 0 saturated carbocycles. The quantitative estimate of drug-likeness (QED) is 0.848. The fourth-order valence-electron chi connectivity index (χ4n) is 2.65. The minimum atomic E-state index is 0.459. The van der Waals surface area contributed by atoms with E-state index in [9.17, 15) is 0 Å². The van der Waals surface area contributed by atoms with Gasteiger partial charge in [0.05, 0.1) is 13.2 Å². The van der Waals surface area contributed by atoms with Crippen LogP contribution in [0, 0.1) is 5.92 Å². The van der Waals surface area contributed by atoms with Crippen LogP contribution in [0.4, 0.5) is 5.82 Å². The second-order valence-corrected chi connectivity index (χ2v) is 5.59. The Morgan fingerprint density at radius 1 is 1.29 bits per heavy atom. The third-order valence-electron chi connectivity index (χ3n) is 3.85. The van der Waals surface area contributed by atoms with Crippen molar-refractivity contribution in [3.8, 4) is 0 Å². The summed E-state index contributed by atoms with van der Waals surface area (Å²) in [6, 6.07) is 4.22. The highest BCUT2D eigenvalue weighted by Gasteiger charge is 2.23. The maximum atomic E-state index is 5.43. The molecule has 114 valence electrons. The average Bonchev–Trinajstić information content (AvgIpc) is 2.96. The van der Waals surface area contributed by atoms with E-state index in [-0.39, 0.29) is 0 Å². The van der Waals surface area contributed by atoms with E-state index >= 15 is 0 Å². The molecule has 0 amide bonds. The Morgan fingerprint density at radius 2 is 2.10 bits per heavy atom. The largest absolute Gasteiger partial charge is 0.379 e. The summed E-state index contributed by atoms with van der Waals surface area (Å²) in [5.41, 5.74) is 0.647. The Bertz CT molecular complexity index is 579. The maximum absolute atomic E-state index is 5.43. The van der Waals surface area contributed by atoms with Crippen LogP contribution in [-0.2, 0) is 4.74 Å². The second kappa shape index (κ2) is 6.31. The number of hydrogen-bond donors (Lipinski definition) is 1. The van der Waals surface area contributed by atoms with E-state index in [1.54, 1.807) is 0 Å². The van der Waals surface area contributed by atoms with Crippen molar-refractivity contribution in [1.82, 2.24) is 30.2 Å². The highest BCUT2D eigenvalue weighted by atomic mass is 16.5. The summed E-state index contributed by atoms with van der Waals surface area (Å²) in [5, 5.41) is 19.0. The lowest BCUT2D eigenvalue weighted by Gasteiger charge is -2.37. The van der Waals surface area contributed by atoms with Gasteiger partial charge in [-0.25, -0.2) is 0 Å². The molecule has 8 nitrogen and oxygen atoms in total. The number of morpholine rings is 1. The van der Waals surface area contributed by atoms with Crippen molar-refractivity contribution in [3.63, 3.8) is 0 Å². The highest BCUT2D eigenvalue weighted by molar-refractivity contribution is 5.42. The van der Waals surface area contributed by atoms with E-state index in [2.05, 4.69) is 44.7 Å². The number of hydrogen-bond acceptors (Lipinski definition) is 7. The zero-order valence-electron chi connectivity index (χ0n) is 12.4. The first-order chi connectivity index (χ1) is 10.2. The molecule has 0 bridgehead atoms. The molecule has 1 aliphatic rings. The average molecular weight is 291 g/mol. The first kappa shape index (κ1) is 14.2. The Morgan fingerprint density at radius 3 is 2.86 bits per heavy atom. The number of ether oxygens (including phenoxy) is 1. The smallest absolute Gasteiger partial charge is 0.200 e. The summed E-state index contributed by atoms with van der Waals surface area (Å²) < 4.78 is 6.86. The van der Waals surface area contributed by atoms with Gasteiger partial charge in [-0.3, -0.25) is 4.90 Å². The van der Waals surface area contributed by atoms with E-state index in [1.165, 1.54) is 4.63 Å². The Hall–Kier alpha value is -1.80. The molecule has 3 rings (SSSR count). The van der Waals surface area contributed by atoms with Crippen molar-refractivity contribution in [2.24, 2.45) is 5.92 Å². The van der Waals surface area contributed by atoms with Crippen LogP contribution in [0.2, 0.25) is 0 Å². The van der Waals surface area contributed by atoms with Gasteiger partial charge in [-0.15, -0.1) is 14.8 Å². The van der Waals surface area contributed by atoms with E-state index in [0.717, 1.165) is 38.7 Å². The van der Waals surface area contributed by atoms with Crippen molar-refractivity contribution in [2.45, 2.75) is 19.9 Å². The van der Waals surface area contributed by atoms with E-state index in [0.29, 0.717) is 17.6 Å². The molecule has 0 aromatic carbocycles. The lowest BCUT2D eigenvalue weighted by Crippen LogP contribution is -2.49.